The van der Waals surface area contributed by atoms with Gasteiger partial charge in [0.05, 0.1) is 53.3 Å². The second-order valence-electron chi connectivity index (χ2n) is 35.5. The molecule has 1 amide bonds. The van der Waals surface area contributed by atoms with Crippen LogP contribution in [0.4, 0.5) is 18.0 Å². The topological polar surface area (TPSA) is 222 Å². The average molecular weight is 1610 g/mol. The molecule has 7 aliphatic carbocycles. The van der Waals surface area contributed by atoms with Gasteiger partial charge >= 0.3 is 18.2 Å². The number of alkyl halides is 3. The Morgan fingerprint density at radius 3 is 1.18 bits per heavy atom. The van der Waals surface area contributed by atoms with Gasteiger partial charge in [-0.25, -0.2) is 9.59 Å². The molecule has 3 aliphatic heterocycles. The summed E-state index contributed by atoms with van der Waals surface area (Å²) in [7, 11) is 7.14. The van der Waals surface area contributed by atoms with Crippen LogP contribution >= 0.6 is 0 Å². The zero-order valence-corrected chi connectivity index (χ0v) is 70.0. The number of alkyl carbamates (subject to hydrolysis) is 1. The average Bonchev–Trinajstić information content (AvgIpc) is 1.71. The van der Waals surface area contributed by atoms with E-state index in [-0.39, 0.29) is 57.3 Å². The van der Waals surface area contributed by atoms with E-state index in [1.54, 1.807) is 14.2 Å². The Balaban J connectivity index is 0.000000136. The van der Waals surface area contributed by atoms with Crippen molar-refractivity contribution in [3.8, 4) is 0 Å². The van der Waals surface area contributed by atoms with Crippen molar-refractivity contribution in [1.29, 1.82) is 0 Å². The van der Waals surface area contributed by atoms with Crippen LogP contribution in [0.3, 0.4) is 0 Å². The molecule has 4 N–H and O–H groups in total. The highest BCUT2D eigenvalue weighted by molar-refractivity contribution is 5.73. The summed E-state index contributed by atoms with van der Waals surface area (Å²) < 4.78 is 78.5. The Morgan fingerprint density at radius 1 is 0.479 bits per heavy atom. The van der Waals surface area contributed by atoms with Gasteiger partial charge in [-0.05, 0) is 217 Å². The zero-order chi connectivity index (χ0) is 82.7. The maximum Gasteiger partial charge on any atom is 0.490 e. The summed E-state index contributed by atoms with van der Waals surface area (Å²) in [4.78, 5) is 46.2. The fourth-order valence-electron chi connectivity index (χ4n) is 21.5. The first-order chi connectivity index (χ1) is 56.4. The molecule has 11 atom stereocenters. The van der Waals surface area contributed by atoms with Crippen molar-refractivity contribution < 1.29 is 70.6 Å². The molecule has 6 heterocycles. The second kappa shape index (κ2) is 40.1. The van der Waals surface area contributed by atoms with Crippen LogP contribution in [-0.4, -0.2) is 140 Å². The SMILES string of the molecule is CO[C@H]1Cc2ccccc2[C@@H]1CCC[C@@]1(c2ccccn2)CCOC2(CCCC2)C1.CO[C@H]1Cc2ccccc2[C@@H]1CCC[C@@]1(c2ccccn2)CCOC2(CCCC2)C1.CO[C@H]1Cc2ccccc2[C@@H]1N.CO[C@H]1Cc2ccccc2[C@@H]1NC(=O)OC(C)(C)C.O=C(O)C(F)(F)F.O=CC[C@@]1(c2ccccn2)CCOC2(CCCC2)C1. The summed E-state index contributed by atoms with van der Waals surface area (Å²) in [6.07, 6.45) is 35.1. The van der Waals surface area contributed by atoms with Gasteiger partial charge < -0.3 is 58.8 Å². The normalized spacial score (nSPS) is 27.1. The van der Waals surface area contributed by atoms with Crippen molar-refractivity contribution >= 4 is 18.3 Å². The number of nitrogens with zero attached hydrogens (tertiary/aromatic N) is 3. The smallest absolute Gasteiger partial charge is 0.475 e. The summed E-state index contributed by atoms with van der Waals surface area (Å²) in [5, 5.41) is 10.0. The first-order valence-corrected chi connectivity index (χ1v) is 43.0. The molecule has 6 fully saturated rings. The quantitative estimate of drug-likeness (QED) is 0.0680. The number of ether oxygens (including phenoxy) is 8. The van der Waals surface area contributed by atoms with Crippen molar-refractivity contribution in [2.75, 3.05) is 48.3 Å². The highest BCUT2D eigenvalue weighted by Gasteiger charge is 2.52. The molecule has 4 aromatic carbocycles. The standard InChI is InChI=1S/2C27H35NO2.C16H21NO2.C15H21NO3.C10H13NO.C2HF3O2/c2*1-29-24-19-21-9-2-3-10-22(21)23(24)11-8-13-26(25-12-4-7-17-28-25)16-18-30-27(20-26)14-5-6-15-27;18-11-8-15(14-5-1-4-10-17-14)9-12-19-16(13-15)6-2-3-7-16;1-15(2,3)19-14(17)16-13-11-8-6-5-7-10(11)9-12(13)18-4;1-12-9-6-7-4-2-3-5-8(7)10(9)11;3-2(4,5)1(6)7/h2*2-4,7,9-10,12,17,23-24H,5-6,8,11,13-16,18-20H2,1H3;1,4-5,10-11H,2-3,6-9,12-13H2;5-8,12-13H,9H2,1-4H3,(H,16,17);2-5,9-10H,6,11H2,1H3;(H,6,7)/t2*23-,24-,26+;15-;12-,13-;9-,10-;/m00100./s1. The van der Waals surface area contributed by atoms with Crippen molar-refractivity contribution in [3.63, 3.8) is 0 Å². The number of methoxy groups -OCH3 is 4. The first-order valence-electron chi connectivity index (χ1n) is 43.0. The largest absolute Gasteiger partial charge is 0.490 e. The molecule has 17 nitrogen and oxygen atoms in total. The summed E-state index contributed by atoms with van der Waals surface area (Å²) in [6.45, 7) is 8.06. The molecule has 3 saturated heterocycles. The fourth-order valence-corrected chi connectivity index (χ4v) is 21.5. The number of halogens is 3. The van der Waals surface area contributed by atoms with Gasteiger partial charge in [0.1, 0.15) is 11.9 Å². The van der Waals surface area contributed by atoms with Gasteiger partial charge in [0.25, 0.3) is 0 Å². The molecule has 3 saturated carbocycles. The van der Waals surface area contributed by atoms with E-state index in [0.29, 0.717) is 30.5 Å². The van der Waals surface area contributed by atoms with Crippen molar-refractivity contribution in [3.05, 3.63) is 232 Å². The van der Waals surface area contributed by atoms with E-state index in [1.807, 2.05) is 108 Å². The zero-order valence-electron chi connectivity index (χ0n) is 70.0. The number of pyridine rings is 3. The van der Waals surface area contributed by atoms with Crippen LogP contribution in [0.2, 0.25) is 0 Å². The monoisotopic (exact) mass is 1610 g/mol. The van der Waals surface area contributed by atoms with E-state index < -0.39 is 23.8 Å². The molecule has 632 valence electrons. The Hall–Kier alpha value is -7.79. The van der Waals surface area contributed by atoms with E-state index in [0.717, 1.165) is 114 Å². The van der Waals surface area contributed by atoms with Crippen molar-refractivity contribution in [2.24, 2.45) is 5.73 Å². The third kappa shape index (κ3) is 21.9. The molecule has 0 unspecified atom stereocenters. The molecular formula is C97H126F3N5O12. The Bertz CT molecular complexity index is 4140. The van der Waals surface area contributed by atoms with Gasteiger partial charge in [0.2, 0.25) is 0 Å². The third-order valence-electron chi connectivity index (χ3n) is 27.1. The number of hydrogen-bond donors (Lipinski definition) is 3. The minimum absolute atomic E-state index is 0.0127. The maximum absolute atomic E-state index is 11.9. The van der Waals surface area contributed by atoms with Crippen molar-refractivity contribution in [1.82, 2.24) is 20.3 Å². The molecule has 17 rings (SSSR count). The number of carbonyl (C=O) groups excluding carboxylic acids is 2. The second-order valence-corrected chi connectivity index (χ2v) is 35.5. The minimum Gasteiger partial charge on any atom is -0.475 e. The van der Waals surface area contributed by atoms with Crippen LogP contribution in [-0.2, 0) is 89.4 Å². The number of carbonyl (C=O) groups is 3. The predicted molar refractivity (Wildman–Crippen MR) is 447 cm³/mol. The Labute approximate surface area is 691 Å². The van der Waals surface area contributed by atoms with Crippen LogP contribution in [0, 0.1) is 0 Å². The van der Waals surface area contributed by atoms with E-state index in [2.05, 4.69) is 107 Å². The number of carboxylic acids is 1. The lowest BCUT2D eigenvalue weighted by Gasteiger charge is -2.46. The summed E-state index contributed by atoms with van der Waals surface area (Å²) >= 11 is 0. The number of hydrogen-bond acceptors (Lipinski definition) is 15. The van der Waals surface area contributed by atoms with Gasteiger partial charge in [-0.2, -0.15) is 13.2 Å². The predicted octanol–water partition coefficient (Wildman–Crippen LogP) is 19.7. The number of aldehydes is 1. The molecule has 0 radical (unpaired) electrons. The molecule has 3 aromatic heterocycles. The maximum atomic E-state index is 11.9. The number of fused-ring (bicyclic) bond motifs is 4. The summed E-state index contributed by atoms with van der Waals surface area (Å²) in [6, 6.07) is 53.1. The summed E-state index contributed by atoms with van der Waals surface area (Å²) in [5.74, 6) is -1.72. The third-order valence-corrected chi connectivity index (χ3v) is 27.1. The number of aromatic nitrogens is 3. The number of amides is 1. The van der Waals surface area contributed by atoms with Gasteiger partial charge in [-0.15, -0.1) is 0 Å². The first kappa shape index (κ1) is 88.5. The molecular weight excluding hydrogens is 1480 g/mol. The fraction of sp³-hybridized carbons (Fsp3) is 0.567. The van der Waals surface area contributed by atoms with Crippen LogP contribution in [0.25, 0.3) is 0 Å². The number of nitrogens with one attached hydrogen (secondary N) is 1. The van der Waals surface area contributed by atoms with Gasteiger partial charge in [-0.1, -0.05) is 167 Å². The van der Waals surface area contributed by atoms with Gasteiger partial charge in [0, 0.05) is 131 Å². The van der Waals surface area contributed by atoms with Crippen LogP contribution < -0.4 is 11.1 Å². The van der Waals surface area contributed by atoms with Gasteiger partial charge in [0.15, 0.2) is 0 Å². The summed E-state index contributed by atoms with van der Waals surface area (Å²) in [5.41, 5.74) is 20.4. The number of benzene rings is 4. The molecule has 10 aliphatic rings. The number of aliphatic carboxylic acids is 1. The highest BCUT2D eigenvalue weighted by atomic mass is 19.4. The lowest BCUT2D eigenvalue weighted by Crippen LogP contribution is -2.46. The van der Waals surface area contributed by atoms with Gasteiger partial charge in [-0.3, -0.25) is 15.0 Å². The van der Waals surface area contributed by atoms with E-state index >= 15 is 0 Å². The minimum atomic E-state index is -5.08. The molecule has 0 bridgehead atoms. The van der Waals surface area contributed by atoms with Crippen molar-refractivity contribution in [2.45, 2.75) is 300 Å². The lowest BCUT2D eigenvalue weighted by atomic mass is 9.67. The molecule has 117 heavy (non-hydrogen) atoms. The van der Waals surface area contributed by atoms with Crippen LogP contribution in [0.5, 0.6) is 0 Å². The number of carboxylic acid groups (broad SMARTS) is 1. The Morgan fingerprint density at radius 2 is 0.812 bits per heavy atom. The Kier molecular flexibility index (Phi) is 30.3. The molecule has 3 spiro atoms. The van der Waals surface area contributed by atoms with Crippen LogP contribution in [0.1, 0.15) is 267 Å². The number of nitrogens with two attached hydrogens (primary N) is 1. The lowest BCUT2D eigenvalue weighted by molar-refractivity contribution is -0.192. The van der Waals surface area contributed by atoms with Crippen LogP contribution in [0.15, 0.2) is 170 Å². The number of rotatable bonds is 18. The molecule has 20 heteroatoms. The molecule has 7 aromatic rings. The van der Waals surface area contributed by atoms with E-state index in [1.165, 1.54) is 153 Å². The van der Waals surface area contributed by atoms with E-state index in [4.69, 9.17) is 63.5 Å². The highest BCUT2D eigenvalue weighted by Crippen LogP contribution is 2.54. The van der Waals surface area contributed by atoms with E-state index in [9.17, 15) is 22.8 Å².